The maximum Gasteiger partial charge on any atom is 0.290 e. The van der Waals surface area contributed by atoms with Gasteiger partial charge in [0.2, 0.25) is 0 Å². The predicted molar refractivity (Wildman–Crippen MR) is 76.9 cm³/mol. The van der Waals surface area contributed by atoms with Gasteiger partial charge in [-0.25, -0.2) is 8.42 Å². The van der Waals surface area contributed by atoms with Gasteiger partial charge in [0.15, 0.2) is 4.90 Å². The Labute approximate surface area is 127 Å². The van der Waals surface area contributed by atoms with Crippen molar-refractivity contribution in [3.8, 4) is 0 Å². The molecule has 1 heterocycles. The number of halogens is 1. The number of nitro benzene ring substituents is 1. The number of rotatable bonds is 3. The summed E-state index contributed by atoms with van der Waals surface area (Å²) in [4.78, 5) is 9.87. The molecule has 1 saturated heterocycles. The van der Waals surface area contributed by atoms with Crippen LogP contribution in [0.15, 0.2) is 23.1 Å². The van der Waals surface area contributed by atoms with Gasteiger partial charge in [0.05, 0.1) is 22.2 Å². The van der Waals surface area contributed by atoms with Crippen LogP contribution in [0.2, 0.25) is 5.02 Å². The molecule has 0 radical (unpaired) electrons. The highest BCUT2D eigenvalue weighted by atomic mass is 35.5. The van der Waals surface area contributed by atoms with Crippen LogP contribution in [0.4, 0.5) is 5.69 Å². The van der Waals surface area contributed by atoms with E-state index in [0.29, 0.717) is 0 Å². The first-order chi connectivity index (χ1) is 9.73. The summed E-state index contributed by atoms with van der Waals surface area (Å²) in [5, 5.41) is 10.9. The van der Waals surface area contributed by atoms with E-state index in [1.54, 1.807) is 13.8 Å². The van der Waals surface area contributed by atoms with Crippen molar-refractivity contribution in [2.75, 3.05) is 13.1 Å². The molecular formula is C12H15ClN2O5S. The first kappa shape index (κ1) is 16.2. The Hall–Kier alpha value is -1.22. The molecule has 0 aliphatic carbocycles. The minimum atomic E-state index is -4.05. The van der Waals surface area contributed by atoms with Crippen molar-refractivity contribution in [2.45, 2.75) is 31.0 Å². The Morgan fingerprint density at radius 1 is 1.33 bits per heavy atom. The van der Waals surface area contributed by atoms with Gasteiger partial charge in [-0.15, -0.1) is 0 Å². The second kappa shape index (κ2) is 5.88. The van der Waals surface area contributed by atoms with Gasteiger partial charge in [0.25, 0.3) is 15.7 Å². The number of nitrogens with zero attached hydrogens (tertiary/aromatic N) is 2. The predicted octanol–water partition coefficient (Wildman–Crippen LogP) is 2.05. The van der Waals surface area contributed by atoms with Crippen LogP contribution < -0.4 is 0 Å². The van der Waals surface area contributed by atoms with E-state index in [-0.39, 0.29) is 30.3 Å². The highest BCUT2D eigenvalue weighted by molar-refractivity contribution is 7.89. The van der Waals surface area contributed by atoms with Crippen molar-refractivity contribution in [3.63, 3.8) is 0 Å². The lowest BCUT2D eigenvalue weighted by molar-refractivity contribution is -0.387. The molecule has 1 aromatic carbocycles. The van der Waals surface area contributed by atoms with E-state index in [0.717, 1.165) is 6.07 Å². The Kier molecular flexibility index (Phi) is 4.52. The van der Waals surface area contributed by atoms with E-state index in [9.17, 15) is 18.5 Å². The zero-order chi connectivity index (χ0) is 15.8. The van der Waals surface area contributed by atoms with E-state index >= 15 is 0 Å². The zero-order valence-electron chi connectivity index (χ0n) is 11.5. The Balaban J connectivity index is 2.52. The molecule has 0 bridgehead atoms. The van der Waals surface area contributed by atoms with Crippen LogP contribution in [-0.2, 0) is 14.8 Å². The van der Waals surface area contributed by atoms with Gasteiger partial charge in [-0.2, -0.15) is 4.31 Å². The molecular weight excluding hydrogens is 320 g/mol. The van der Waals surface area contributed by atoms with Crippen molar-refractivity contribution in [1.29, 1.82) is 0 Å². The van der Waals surface area contributed by atoms with Crippen LogP contribution in [-0.4, -0.2) is 42.9 Å². The Morgan fingerprint density at radius 3 is 2.43 bits per heavy atom. The van der Waals surface area contributed by atoms with Crippen molar-refractivity contribution in [3.05, 3.63) is 33.3 Å². The average Bonchev–Trinajstić information content (AvgIpc) is 2.36. The third-order valence-electron chi connectivity index (χ3n) is 3.13. The number of sulfonamides is 1. The van der Waals surface area contributed by atoms with Gasteiger partial charge < -0.3 is 4.74 Å². The first-order valence-corrected chi connectivity index (χ1v) is 8.13. The fourth-order valence-corrected chi connectivity index (χ4v) is 4.61. The number of hydrogen-bond donors (Lipinski definition) is 0. The van der Waals surface area contributed by atoms with Gasteiger partial charge in [-0.3, -0.25) is 10.1 Å². The molecule has 0 amide bonds. The number of benzene rings is 1. The van der Waals surface area contributed by atoms with Crippen LogP contribution in [0.5, 0.6) is 0 Å². The molecule has 1 fully saturated rings. The molecule has 7 nitrogen and oxygen atoms in total. The van der Waals surface area contributed by atoms with Gasteiger partial charge >= 0.3 is 0 Å². The normalized spacial score (nSPS) is 24.0. The quantitative estimate of drug-likeness (QED) is 0.623. The van der Waals surface area contributed by atoms with Crippen LogP contribution in [0.25, 0.3) is 0 Å². The summed E-state index contributed by atoms with van der Waals surface area (Å²) >= 11 is 5.91. The number of morpholine rings is 1. The zero-order valence-corrected chi connectivity index (χ0v) is 13.1. The average molecular weight is 335 g/mol. The van der Waals surface area contributed by atoms with Crippen molar-refractivity contribution >= 4 is 27.3 Å². The maximum atomic E-state index is 12.7. The van der Waals surface area contributed by atoms with Crippen molar-refractivity contribution < 1.29 is 18.1 Å². The summed E-state index contributed by atoms with van der Waals surface area (Å²) in [7, 11) is -4.05. The molecule has 2 unspecified atom stereocenters. The minimum Gasteiger partial charge on any atom is -0.373 e. The van der Waals surface area contributed by atoms with E-state index in [1.165, 1.54) is 16.4 Å². The monoisotopic (exact) mass is 334 g/mol. The summed E-state index contributed by atoms with van der Waals surface area (Å²) in [6.45, 7) is 3.77. The lowest BCUT2D eigenvalue weighted by Crippen LogP contribution is -2.48. The van der Waals surface area contributed by atoms with E-state index in [1.807, 2.05) is 0 Å². The molecule has 116 valence electrons. The SMILES string of the molecule is CC1CN(S(=O)(=O)c2c(Cl)cccc2[N+](=O)[O-])CC(C)O1. The fourth-order valence-electron chi connectivity index (χ4n) is 2.35. The van der Waals surface area contributed by atoms with Crippen LogP contribution in [0.1, 0.15) is 13.8 Å². The molecule has 9 heteroatoms. The summed E-state index contributed by atoms with van der Waals surface area (Å²) < 4.78 is 32.1. The first-order valence-electron chi connectivity index (χ1n) is 6.32. The highest BCUT2D eigenvalue weighted by Gasteiger charge is 2.37. The van der Waals surface area contributed by atoms with Gasteiger partial charge in [0, 0.05) is 19.2 Å². The van der Waals surface area contributed by atoms with Gasteiger partial charge in [0.1, 0.15) is 0 Å². The molecule has 0 N–H and O–H groups in total. The fraction of sp³-hybridized carbons (Fsp3) is 0.500. The summed E-state index contributed by atoms with van der Waals surface area (Å²) in [5.41, 5.74) is -0.519. The summed E-state index contributed by atoms with van der Waals surface area (Å²) in [5.74, 6) is 0. The largest absolute Gasteiger partial charge is 0.373 e. The molecule has 2 atom stereocenters. The van der Waals surface area contributed by atoms with Gasteiger partial charge in [-0.05, 0) is 19.9 Å². The lowest BCUT2D eigenvalue weighted by Gasteiger charge is -2.34. The highest BCUT2D eigenvalue weighted by Crippen LogP contribution is 2.34. The third kappa shape index (κ3) is 3.18. The topological polar surface area (TPSA) is 89.8 Å². The standard InChI is InChI=1S/C12H15ClN2O5S/c1-8-6-14(7-9(2)20-8)21(18,19)12-10(13)4-3-5-11(12)15(16)17/h3-5,8-9H,6-7H2,1-2H3. The Morgan fingerprint density at radius 2 is 1.90 bits per heavy atom. The van der Waals surface area contributed by atoms with Crippen LogP contribution >= 0.6 is 11.6 Å². The van der Waals surface area contributed by atoms with Crippen molar-refractivity contribution in [2.24, 2.45) is 0 Å². The molecule has 0 aromatic heterocycles. The molecule has 1 aromatic rings. The summed E-state index contributed by atoms with van der Waals surface area (Å²) in [6, 6.07) is 3.81. The van der Waals surface area contributed by atoms with Gasteiger partial charge in [-0.1, -0.05) is 17.7 Å². The minimum absolute atomic E-state index is 0.134. The lowest BCUT2D eigenvalue weighted by atomic mass is 10.3. The van der Waals surface area contributed by atoms with E-state index in [2.05, 4.69) is 0 Å². The molecule has 2 rings (SSSR count). The smallest absolute Gasteiger partial charge is 0.290 e. The summed E-state index contributed by atoms with van der Waals surface area (Å²) in [6.07, 6.45) is -0.574. The van der Waals surface area contributed by atoms with Crippen LogP contribution in [0, 0.1) is 10.1 Å². The van der Waals surface area contributed by atoms with E-state index in [4.69, 9.17) is 16.3 Å². The second-order valence-electron chi connectivity index (χ2n) is 4.92. The number of nitro groups is 1. The second-order valence-corrected chi connectivity index (χ2v) is 7.21. The molecule has 21 heavy (non-hydrogen) atoms. The van der Waals surface area contributed by atoms with Crippen molar-refractivity contribution in [1.82, 2.24) is 4.31 Å². The molecule has 1 aliphatic heterocycles. The Bertz CT molecular complexity index is 654. The number of ether oxygens (including phenoxy) is 1. The molecule has 1 aliphatic rings. The molecule has 0 saturated carbocycles. The molecule has 0 spiro atoms. The maximum absolute atomic E-state index is 12.7. The third-order valence-corrected chi connectivity index (χ3v) is 5.48. The number of hydrogen-bond acceptors (Lipinski definition) is 5. The van der Waals surface area contributed by atoms with E-state index < -0.39 is 25.5 Å². The van der Waals surface area contributed by atoms with Crippen LogP contribution in [0.3, 0.4) is 0 Å².